The van der Waals surface area contributed by atoms with Crippen LogP contribution < -0.4 is 33.2 Å². The number of guanidine groups is 1. The minimum absolute atomic E-state index is 0.0143. The molecule has 0 aliphatic heterocycles. The number of nitrogens with zero attached hydrogens (tertiary/aromatic N) is 1. The molecule has 14 nitrogen and oxygen atoms in total. The molecule has 14 heteroatoms. The average molecular weight is 584 g/mol. The first-order valence-corrected chi connectivity index (χ1v) is 13.2. The monoisotopic (exact) mass is 583 g/mol. The summed E-state index contributed by atoms with van der Waals surface area (Å²) in [6.07, 6.45) is -0.467. The van der Waals surface area contributed by atoms with Crippen molar-refractivity contribution in [3.05, 3.63) is 71.8 Å². The first kappa shape index (κ1) is 33.2. The fraction of sp³-hybridized carbons (Fsp3) is 0.357. The van der Waals surface area contributed by atoms with Gasteiger partial charge in [-0.25, -0.2) is 4.79 Å². The Bertz CT molecular complexity index is 1240. The normalized spacial score (nSPS) is 13.5. The number of hydrogen-bond donors (Lipinski definition) is 8. The van der Waals surface area contributed by atoms with Gasteiger partial charge in [-0.2, -0.15) is 0 Å². The zero-order valence-electron chi connectivity index (χ0n) is 22.9. The maximum absolute atomic E-state index is 13.4. The lowest BCUT2D eigenvalue weighted by Crippen LogP contribution is -2.58. The molecule has 0 spiro atoms. The minimum atomic E-state index is -1.64. The van der Waals surface area contributed by atoms with E-state index in [4.69, 9.17) is 17.2 Å². The van der Waals surface area contributed by atoms with Gasteiger partial charge in [0.05, 0.1) is 12.5 Å². The molecule has 0 bridgehead atoms. The van der Waals surface area contributed by atoms with E-state index in [1.165, 1.54) is 0 Å². The standard InChI is InChI=1S/C28H37N7O7/c29-19(14-17-8-3-1-4-9-17)24(38)34-21(15-18-10-5-2-6-11-18)25(39)35-22(16-23(36)37)26(40)33-20(27(41)42)12-7-13-32-28(30)31/h1-6,8-11,19-22H,7,12-16,29H2,(H,33,40)(H,34,38)(H,35,39)(H,36,37)(H,41,42)(H4,30,31,32). The molecule has 11 N–H and O–H groups in total. The van der Waals surface area contributed by atoms with Gasteiger partial charge in [-0.15, -0.1) is 0 Å². The van der Waals surface area contributed by atoms with Gasteiger partial charge >= 0.3 is 11.9 Å². The van der Waals surface area contributed by atoms with E-state index in [0.29, 0.717) is 5.56 Å². The third-order valence-electron chi connectivity index (χ3n) is 6.12. The molecule has 42 heavy (non-hydrogen) atoms. The quantitative estimate of drug-likeness (QED) is 0.0631. The number of nitrogens with two attached hydrogens (primary N) is 3. The number of aliphatic imine (C=N–C) groups is 1. The molecule has 0 saturated carbocycles. The molecular formula is C28H37N7O7. The van der Waals surface area contributed by atoms with Gasteiger partial charge in [0.1, 0.15) is 18.1 Å². The number of aliphatic carboxylic acids is 2. The largest absolute Gasteiger partial charge is 0.481 e. The van der Waals surface area contributed by atoms with Gasteiger partial charge in [-0.05, 0) is 30.4 Å². The number of hydrogen-bond acceptors (Lipinski definition) is 7. The van der Waals surface area contributed by atoms with E-state index in [1.807, 2.05) is 18.2 Å². The number of carbonyl (C=O) groups is 5. The van der Waals surface area contributed by atoms with Gasteiger partial charge in [0.15, 0.2) is 5.96 Å². The summed E-state index contributed by atoms with van der Waals surface area (Å²) in [6.45, 7) is 0.116. The van der Waals surface area contributed by atoms with Crippen LogP contribution in [0.15, 0.2) is 65.7 Å². The lowest BCUT2D eigenvalue weighted by molar-refractivity contribution is -0.143. The van der Waals surface area contributed by atoms with E-state index in [1.54, 1.807) is 42.5 Å². The van der Waals surface area contributed by atoms with E-state index < -0.39 is 60.2 Å². The molecule has 226 valence electrons. The van der Waals surface area contributed by atoms with Gasteiger partial charge < -0.3 is 43.4 Å². The maximum atomic E-state index is 13.4. The number of carboxylic acid groups (broad SMARTS) is 2. The summed E-state index contributed by atoms with van der Waals surface area (Å²) >= 11 is 0. The topological polar surface area (TPSA) is 252 Å². The van der Waals surface area contributed by atoms with Gasteiger partial charge in [0, 0.05) is 13.0 Å². The van der Waals surface area contributed by atoms with Crippen LogP contribution in [0.2, 0.25) is 0 Å². The van der Waals surface area contributed by atoms with E-state index in [2.05, 4.69) is 20.9 Å². The van der Waals surface area contributed by atoms with E-state index in [9.17, 15) is 34.2 Å². The lowest BCUT2D eigenvalue weighted by atomic mass is 10.0. The Morgan fingerprint density at radius 3 is 1.74 bits per heavy atom. The molecule has 0 radical (unpaired) electrons. The summed E-state index contributed by atoms with van der Waals surface area (Å²) < 4.78 is 0. The predicted octanol–water partition coefficient (Wildman–Crippen LogP) is -1.13. The summed E-state index contributed by atoms with van der Waals surface area (Å²) in [5.74, 6) is -5.45. The highest BCUT2D eigenvalue weighted by molar-refractivity contribution is 5.95. The molecule has 0 aliphatic carbocycles. The molecule has 0 saturated heterocycles. The third-order valence-corrected chi connectivity index (χ3v) is 6.12. The van der Waals surface area contributed by atoms with Crippen LogP contribution in [0.3, 0.4) is 0 Å². The number of rotatable bonds is 17. The highest BCUT2D eigenvalue weighted by Crippen LogP contribution is 2.08. The second-order valence-corrected chi connectivity index (χ2v) is 9.55. The van der Waals surface area contributed by atoms with Crippen molar-refractivity contribution in [1.29, 1.82) is 0 Å². The van der Waals surface area contributed by atoms with Crippen molar-refractivity contribution in [2.75, 3.05) is 6.54 Å². The summed E-state index contributed by atoms with van der Waals surface area (Å²) in [7, 11) is 0. The Morgan fingerprint density at radius 1 is 0.714 bits per heavy atom. The number of carbonyl (C=O) groups excluding carboxylic acids is 3. The van der Waals surface area contributed by atoms with Gasteiger partial charge in [-0.1, -0.05) is 60.7 Å². The van der Waals surface area contributed by atoms with Crippen LogP contribution in [-0.2, 0) is 36.8 Å². The van der Waals surface area contributed by atoms with Crippen LogP contribution >= 0.6 is 0 Å². The van der Waals surface area contributed by atoms with Crippen LogP contribution in [0, 0.1) is 0 Å². The molecule has 4 unspecified atom stereocenters. The fourth-order valence-electron chi connectivity index (χ4n) is 3.99. The Kier molecular flexibility index (Phi) is 13.4. The molecule has 2 aromatic carbocycles. The van der Waals surface area contributed by atoms with Crippen LogP contribution in [0.5, 0.6) is 0 Å². The zero-order chi connectivity index (χ0) is 31.1. The lowest BCUT2D eigenvalue weighted by Gasteiger charge is -2.25. The van der Waals surface area contributed by atoms with Crippen molar-refractivity contribution in [3.63, 3.8) is 0 Å². The average Bonchev–Trinajstić information content (AvgIpc) is 2.94. The predicted molar refractivity (Wildman–Crippen MR) is 154 cm³/mol. The summed E-state index contributed by atoms with van der Waals surface area (Å²) in [6, 6.07) is 12.5. The number of amides is 3. The van der Waals surface area contributed by atoms with Gasteiger partial charge in [-0.3, -0.25) is 24.2 Å². The summed E-state index contributed by atoms with van der Waals surface area (Å²) in [4.78, 5) is 66.2. The molecule has 2 aromatic rings. The molecule has 0 heterocycles. The SMILES string of the molecule is NC(N)=NCCCC(NC(=O)C(CC(=O)O)NC(=O)C(Cc1ccccc1)NC(=O)C(N)Cc1ccccc1)C(=O)O. The van der Waals surface area contributed by atoms with Crippen molar-refractivity contribution >= 4 is 35.6 Å². The van der Waals surface area contributed by atoms with Gasteiger partial charge in [0.2, 0.25) is 17.7 Å². The number of nitrogens with one attached hydrogen (secondary N) is 3. The molecule has 0 aromatic heterocycles. The highest BCUT2D eigenvalue weighted by atomic mass is 16.4. The molecule has 2 rings (SSSR count). The molecule has 3 amide bonds. The van der Waals surface area contributed by atoms with Crippen molar-refractivity contribution in [1.82, 2.24) is 16.0 Å². The van der Waals surface area contributed by atoms with Crippen molar-refractivity contribution < 1.29 is 34.2 Å². The van der Waals surface area contributed by atoms with Crippen molar-refractivity contribution in [2.45, 2.75) is 56.3 Å². The Balaban J connectivity index is 2.18. The van der Waals surface area contributed by atoms with E-state index in [-0.39, 0.29) is 38.2 Å². The van der Waals surface area contributed by atoms with Gasteiger partial charge in [0.25, 0.3) is 0 Å². The molecule has 0 aliphatic rings. The second-order valence-electron chi connectivity index (χ2n) is 9.55. The minimum Gasteiger partial charge on any atom is -0.481 e. The van der Waals surface area contributed by atoms with E-state index in [0.717, 1.165) is 5.56 Å². The third kappa shape index (κ3) is 12.0. The van der Waals surface area contributed by atoms with Crippen LogP contribution in [0.1, 0.15) is 30.4 Å². The Labute approximate surface area is 242 Å². The molecule has 4 atom stereocenters. The van der Waals surface area contributed by atoms with Crippen molar-refractivity contribution in [3.8, 4) is 0 Å². The first-order valence-electron chi connectivity index (χ1n) is 13.2. The van der Waals surface area contributed by atoms with Crippen molar-refractivity contribution in [2.24, 2.45) is 22.2 Å². The molecular weight excluding hydrogens is 546 g/mol. The zero-order valence-corrected chi connectivity index (χ0v) is 22.9. The summed E-state index contributed by atoms with van der Waals surface area (Å²) in [5.41, 5.74) is 18.1. The van der Waals surface area contributed by atoms with Crippen LogP contribution in [-0.4, -0.2) is 76.5 Å². The summed E-state index contributed by atoms with van der Waals surface area (Å²) in [5, 5.41) is 26.1. The smallest absolute Gasteiger partial charge is 0.326 e. The first-order chi connectivity index (χ1) is 20.0. The second kappa shape index (κ2) is 17.0. The highest BCUT2D eigenvalue weighted by Gasteiger charge is 2.31. The number of benzene rings is 2. The Morgan fingerprint density at radius 2 is 1.21 bits per heavy atom. The number of carboxylic acids is 2. The maximum Gasteiger partial charge on any atom is 0.326 e. The van der Waals surface area contributed by atoms with Crippen LogP contribution in [0.25, 0.3) is 0 Å². The molecule has 0 fully saturated rings. The van der Waals surface area contributed by atoms with E-state index >= 15 is 0 Å². The fourth-order valence-corrected chi connectivity index (χ4v) is 3.99. The van der Waals surface area contributed by atoms with Crippen LogP contribution in [0.4, 0.5) is 0 Å². The Hall–Kier alpha value is -4.98.